The van der Waals surface area contributed by atoms with Gasteiger partial charge in [0.2, 0.25) is 5.91 Å². The zero-order chi connectivity index (χ0) is 20.1. The molecule has 7 nitrogen and oxygen atoms in total. The van der Waals surface area contributed by atoms with Crippen molar-refractivity contribution in [1.82, 2.24) is 5.01 Å². The Kier molecular flexibility index (Phi) is 4.38. The van der Waals surface area contributed by atoms with Gasteiger partial charge in [-0.05, 0) is 35.9 Å². The van der Waals surface area contributed by atoms with Crippen LogP contribution in [0.15, 0.2) is 52.5 Å². The first kappa shape index (κ1) is 18.5. The van der Waals surface area contributed by atoms with E-state index in [1.807, 2.05) is 12.1 Å². The summed E-state index contributed by atoms with van der Waals surface area (Å²) >= 11 is 0. The van der Waals surface area contributed by atoms with Crippen LogP contribution in [0.3, 0.4) is 0 Å². The van der Waals surface area contributed by atoms with Crippen molar-refractivity contribution in [3.05, 3.63) is 53.6 Å². The lowest BCUT2D eigenvalue weighted by Crippen LogP contribution is -2.36. The molecule has 0 saturated heterocycles. The number of rotatable bonds is 3. The van der Waals surface area contributed by atoms with Crippen molar-refractivity contribution in [3.8, 4) is 11.5 Å². The third kappa shape index (κ3) is 2.84. The first-order valence-electron chi connectivity index (χ1n) is 8.79. The van der Waals surface area contributed by atoms with E-state index in [2.05, 4.69) is 5.10 Å². The Morgan fingerprint density at radius 1 is 1.07 bits per heavy atom. The molecule has 2 aromatic rings. The minimum atomic E-state index is -3.52. The molecule has 146 valence electrons. The van der Waals surface area contributed by atoms with E-state index in [1.165, 1.54) is 19.0 Å². The van der Waals surface area contributed by atoms with Crippen LogP contribution in [0.2, 0.25) is 0 Å². The molecule has 0 aromatic heterocycles. The summed E-state index contributed by atoms with van der Waals surface area (Å²) in [5.41, 5.74) is 1.90. The van der Waals surface area contributed by atoms with Crippen LogP contribution in [0.4, 0.5) is 0 Å². The number of ether oxygens (including phenoxy) is 2. The van der Waals surface area contributed by atoms with Gasteiger partial charge >= 0.3 is 0 Å². The van der Waals surface area contributed by atoms with Crippen molar-refractivity contribution < 1.29 is 22.7 Å². The number of benzene rings is 2. The van der Waals surface area contributed by atoms with E-state index >= 15 is 0 Å². The topological polar surface area (TPSA) is 85.3 Å². The molecule has 0 bridgehead atoms. The van der Waals surface area contributed by atoms with E-state index in [-0.39, 0.29) is 16.6 Å². The smallest absolute Gasteiger partial charge is 0.240 e. The molecule has 8 heteroatoms. The first-order chi connectivity index (χ1) is 13.4. The number of amides is 1. The van der Waals surface area contributed by atoms with Crippen LogP contribution in [-0.4, -0.2) is 45.0 Å². The molecular weight excluding hydrogens is 380 g/mol. The quantitative estimate of drug-likeness (QED) is 0.790. The van der Waals surface area contributed by atoms with Gasteiger partial charge in [-0.1, -0.05) is 12.1 Å². The summed E-state index contributed by atoms with van der Waals surface area (Å²) in [5, 5.41) is 5.92. The zero-order valence-electron chi connectivity index (χ0n) is 15.7. The highest BCUT2D eigenvalue weighted by molar-refractivity contribution is 7.91. The lowest BCUT2D eigenvalue weighted by Gasteiger charge is -2.29. The Hall–Kier alpha value is -2.87. The standard InChI is InChI=1S/C20H20N2O5S/c1-12(23)22-20(13-4-6-14(26-2)7-5-13)17-11-28(24,25)18-9-8-15(27-3)10-16(18)19(17)21-22/h4-10,17,20H,11H2,1-3H3/t17-,20+/m1/s1. The molecule has 0 unspecified atom stereocenters. The number of carbonyl (C=O) groups excluding carboxylic acids is 1. The SMILES string of the molecule is COc1ccc([C@H]2[C@@H]3CS(=O)(=O)c4ccc(OC)cc4C3=NN2C(C)=O)cc1. The highest BCUT2D eigenvalue weighted by atomic mass is 32.2. The van der Waals surface area contributed by atoms with E-state index in [4.69, 9.17) is 9.47 Å². The molecule has 0 aliphatic carbocycles. The number of sulfone groups is 1. The van der Waals surface area contributed by atoms with Gasteiger partial charge in [-0.25, -0.2) is 13.4 Å². The Morgan fingerprint density at radius 2 is 1.71 bits per heavy atom. The molecule has 2 aliphatic heterocycles. The molecule has 2 heterocycles. The van der Waals surface area contributed by atoms with Crippen LogP contribution in [-0.2, 0) is 14.6 Å². The second-order valence-electron chi connectivity index (χ2n) is 6.82. The van der Waals surface area contributed by atoms with Gasteiger partial charge in [-0.3, -0.25) is 4.79 Å². The summed E-state index contributed by atoms with van der Waals surface area (Å²) in [5.74, 6) is 0.417. The predicted molar refractivity (Wildman–Crippen MR) is 103 cm³/mol. The van der Waals surface area contributed by atoms with E-state index < -0.39 is 21.8 Å². The van der Waals surface area contributed by atoms with E-state index in [0.717, 1.165) is 5.56 Å². The van der Waals surface area contributed by atoms with Crippen LogP contribution in [0.1, 0.15) is 24.1 Å². The summed E-state index contributed by atoms with van der Waals surface area (Å²) in [6.07, 6.45) is 0. The Morgan fingerprint density at radius 3 is 2.32 bits per heavy atom. The average Bonchev–Trinajstić information content (AvgIpc) is 3.06. The van der Waals surface area contributed by atoms with Crippen molar-refractivity contribution in [3.63, 3.8) is 0 Å². The van der Waals surface area contributed by atoms with Crippen LogP contribution in [0.5, 0.6) is 11.5 Å². The molecule has 4 rings (SSSR count). The number of fused-ring (bicyclic) bond motifs is 3. The maximum atomic E-state index is 12.9. The number of hydrazone groups is 1. The highest BCUT2D eigenvalue weighted by Gasteiger charge is 2.47. The lowest BCUT2D eigenvalue weighted by molar-refractivity contribution is -0.131. The fourth-order valence-corrected chi connectivity index (χ4v) is 5.64. The van der Waals surface area contributed by atoms with Crippen molar-refractivity contribution in [1.29, 1.82) is 0 Å². The Bertz CT molecular complexity index is 1080. The van der Waals surface area contributed by atoms with Gasteiger partial charge in [0, 0.05) is 18.4 Å². The molecule has 0 saturated carbocycles. The minimum absolute atomic E-state index is 0.106. The van der Waals surface area contributed by atoms with E-state index in [0.29, 0.717) is 22.8 Å². The minimum Gasteiger partial charge on any atom is -0.497 e. The normalized spacial score (nSPS) is 22.1. The fraction of sp³-hybridized carbons (Fsp3) is 0.300. The summed E-state index contributed by atoms with van der Waals surface area (Å²) in [4.78, 5) is 12.5. The van der Waals surface area contributed by atoms with Crippen molar-refractivity contribution in [2.45, 2.75) is 17.9 Å². The second-order valence-corrected chi connectivity index (χ2v) is 8.82. The van der Waals surface area contributed by atoms with Crippen LogP contribution in [0.25, 0.3) is 0 Å². The van der Waals surface area contributed by atoms with E-state index in [1.54, 1.807) is 37.4 Å². The van der Waals surface area contributed by atoms with Crippen LogP contribution in [0, 0.1) is 5.92 Å². The molecule has 0 radical (unpaired) electrons. The van der Waals surface area contributed by atoms with Crippen molar-refractivity contribution >= 4 is 21.5 Å². The molecule has 0 spiro atoms. The van der Waals surface area contributed by atoms with Gasteiger partial charge in [0.05, 0.1) is 36.6 Å². The number of hydrogen-bond acceptors (Lipinski definition) is 6. The number of carbonyl (C=O) groups is 1. The van der Waals surface area contributed by atoms with Gasteiger partial charge in [0.15, 0.2) is 9.84 Å². The third-order valence-electron chi connectivity index (χ3n) is 5.19. The van der Waals surface area contributed by atoms with Gasteiger partial charge in [-0.2, -0.15) is 5.10 Å². The average molecular weight is 400 g/mol. The summed E-state index contributed by atoms with van der Waals surface area (Å²) in [6, 6.07) is 11.6. The van der Waals surface area contributed by atoms with Crippen LogP contribution >= 0.6 is 0 Å². The maximum absolute atomic E-state index is 12.9. The monoisotopic (exact) mass is 400 g/mol. The summed E-state index contributed by atoms with van der Waals surface area (Å²) in [6.45, 7) is 1.43. The van der Waals surface area contributed by atoms with Gasteiger partial charge in [-0.15, -0.1) is 0 Å². The molecule has 28 heavy (non-hydrogen) atoms. The van der Waals surface area contributed by atoms with Crippen LogP contribution < -0.4 is 9.47 Å². The third-order valence-corrected chi connectivity index (χ3v) is 7.01. The molecular formula is C20H20N2O5S. The molecule has 0 N–H and O–H groups in total. The van der Waals surface area contributed by atoms with E-state index in [9.17, 15) is 13.2 Å². The number of nitrogens with zero attached hydrogens (tertiary/aromatic N) is 2. The molecule has 2 aliphatic rings. The molecule has 2 aromatic carbocycles. The lowest BCUT2D eigenvalue weighted by atomic mass is 9.88. The van der Waals surface area contributed by atoms with Gasteiger partial charge in [0.25, 0.3) is 0 Å². The Labute approximate surface area is 163 Å². The maximum Gasteiger partial charge on any atom is 0.240 e. The fourth-order valence-electron chi connectivity index (χ4n) is 3.87. The summed E-state index contributed by atoms with van der Waals surface area (Å²) < 4.78 is 36.4. The Balaban J connectivity index is 1.87. The van der Waals surface area contributed by atoms with Crippen molar-refractivity contribution in [2.75, 3.05) is 20.0 Å². The van der Waals surface area contributed by atoms with Gasteiger partial charge < -0.3 is 9.47 Å². The number of methoxy groups -OCH3 is 2. The molecule has 1 amide bonds. The largest absolute Gasteiger partial charge is 0.497 e. The highest BCUT2D eigenvalue weighted by Crippen LogP contribution is 2.44. The number of hydrogen-bond donors (Lipinski definition) is 0. The molecule has 0 fully saturated rings. The second kappa shape index (κ2) is 6.63. The summed E-state index contributed by atoms with van der Waals surface area (Å²) in [7, 11) is -0.425. The van der Waals surface area contributed by atoms with Crippen molar-refractivity contribution in [2.24, 2.45) is 11.0 Å². The zero-order valence-corrected chi connectivity index (χ0v) is 16.6. The molecule has 2 atom stereocenters. The first-order valence-corrected chi connectivity index (χ1v) is 10.4. The van der Waals surface area contributed by atoms with Gasteiger partial charge in [0.1, 0.15) is 11.5 Å². The predicted octanol–water partition coefficient (Wildman–Crippen LogP) is 2.41.